The van der Waals surface area contributed by atoms with Crippen LogP contribution in [0.2, 0.25) is 0 Å². The third kappa shape index (κ3) is 26.1. The van der Waals surface area contributed by atoms with E-state index < -0.39 is 327 Å². The van der Waals surface area contributed by atoms with Crippen LogP contribution in [0.3, 0.4) is 0 Å². The molecular weight excluding hydrogens is 1640 g/mol. The molecule has 1 fully saturated rings. The Labute approximate surface area is 708 Å². The molecule has 14 amide bonds. The Kier molecular flexibility index (Phi) is 37.4. The predicted molar refractivity (Wildman–Crippen MR) is 425 cm³/mol. The van der Waals surface area contributed by atoms with Crippen molar-refractivity contribution in [3.63, 3.8) is 0 Å². The number of rotatable bonds is 46. The van der Waals surface area contributed by atoms with Crippen LogP contribution >= 0.6 is 0 Å². The fourth-order valence-electron chi connectivity index (χ4n) is 13.9. The van der Waals surface area contributed by atoms with Crippen molar-refractivity contribution in [3.8, 4) is 23.0 Å². The summed E-state index contributed by atoms with van der Waals surface area (Å²) in [6.45, 7) is 1.68. The normalized spacial score (nSPS) is 20.2. The second kappa shape index (κ2) is 45.9. The number of phenolic OH excluding ortho intramolecular Hbond substituents is 3. The molecule has 1 aliphatic heterocycles. The maximum atomic E-state index is 14.5. The molecule has 682 valence electrons. The molecule has 0 spiro atoms. The number of carbonyl (C=O) groups is 17. The zero-order valence-electron chi connectivity index (χ0n) is 68.8. The van der Waals surface area contributed by atoms with Gasteiger partial charge in [-0.3, -0.25) is 81.5 Å². The van der Waals surface area contributed by atoms with Crippen molar-refractivity contribution < 1.29 is 152 Å². The number of aliphatic hydroxyl groups is 8. The van der Waals surface area contributed by atoms with Crippen LogP contribution in [0.25, 0.3) is 0 Å². The molecule has 1 heterocycles. The highest BCUT2D eigenvalue weighted by atomic mass is 16.7. The van der Waals surface area contributed by atoms with E-state index in [1.54, 1.807) is 6.92 Å². The zero-order chi connectivity index (χ0) is 92.6. The fourth-order valence-corrected chi connectivity index (χ4v) is 13.9. The number of aliphatic hydroxyl groups excluding tert-OH is 7. The van der Waals surface area contributed by atoms with Gasteiger partial charge in [-0.2, -0.15) is 0 Å². The number of ketones is 3. The first-order chi connectivity index (χ1) is 58.5. The van der Waals surface area contributed by atoms with Gasteiger partial charge in [-0.05, 0) is 82.7 Å². The summed E-state index contributed by atoms with van der Waals surface area (Å²) in [7, 11) is 1.22. The molecule has 0 bridgehead atoms. The summed E-state index contributed by atoms with van der Waals surface area (Å²) in [5.41, 5.74) is 11.4. The number of ether oxygens (including phenoxy) is 3. The monoisotopic (exact) mass is 1750 g/mol. The van der Waals surface area contributed by atoms with Crippen LogP contribution in [0, 0.1) is 5.92 Å². The molecular formula is C78H109N15O31. The number of aromatic hydroxyl groups is 3. The van der Waals surface area contributed by atoms with Gasteiger partial charge in [0.05, 0.1) is 81.0 Å². The number of benzene rings is 3. The highest BCUT2D eigenvalue weighted by Crippen LogP contribution is 2.53. The van der Waals surface area contributed by atoms with Gasteiger partial charge in [-0.25, -0.2) is 0 Å². The largest absolute Gasteiger partial charge is 0.508 e. The first-order valence-electron chi connectivity index (χ1n) is 39.5. The highest BCUT2D eigenvalue weighted by Gasteiger charge is 2.51. The topological polar surface area (TPSA) is 763 Å². The number of amides is 14. The van der Waals surface area contributed by atoms with Crippen LogP contribution in [0.5, 0.6) is 23.0 Å². The van der Waals surface area contributed by atoms with E-state index in [0.717, 1.165) is 13.8 Å². The standard InChI is InChI=1S/C78H109N15O31/c1-8-32(2)60(92-69(112)41(13-9-10-21-79)83-71(114)45(23-54(81)104)86-67(110)33(3)82-36(6)100)76(119)91-48(29-96)72(115)87-44(22-37-15-17-38(101)18-16-37)70(113)84-42(19-20-53(80)103)68(111)88-46(27-94)73(116)89-47(28-95)74(117)90-49(30-97)75(118)93-61(34(4)99)77(120)85-43-24-55(123-35(5)62(43)105)124-51-26-78(121,52(102)31-98)25-40-57(51)66(109)59-58(64(40)107)63(106)39-12-11-14-50(122-7)56(39)65(59)108/h11-12,14-18,32-35,41-49,51,55,60-62,94-99,101,105,107,109,121H,8-10,13,19-31,79H2,1-7H3,(H2,80,103)(H2,81,104)(H,82,100)(H,83,114)(H,84,113)(H,85,120)(H,86,110)(H,87,115)(H,88,111)(H,89,116)(H,90,117)(H,91,119)(H,92,112)(H,93,118)/t32-,33-,34+,35-,41-,42-,43-,44-,45-,46-,47-,48-,49-,51-,55+,60-,61-,62+,78-/m0/s1. The summed E-state index contributed by atoms with van der Waals surface area (Å²) in [6.07, 6.45) is -12.4. The van der Waals surface area contributed by atoms with E-state index in [2.05, 4.69) is 53.2 Å². The van der Waals surface area contributed by atoms with Gasteiger partial charge in [0.25, 0.3) is 0 Å². The third-order valence-corrected chi connectivity index (χ3v) is 21.0. The van der Waals surface area contributed by atoms with E-state index in [1.807, 2.05) is 10.6 Å². The Balaban J connectivity index is 1.13. The molecule has 0 aromatic heterocycles. The molecule has 1 saturated heterocycles. The quantitative estimate of drug-likeness (QED) is 0.0144. The van der Waals surface area contributed by atoms with Crippen molar-refractivity contribution in [2.24, 2.45) is 23.1 Å². The Morgan fingerprint density at radius 1 is 0.581 bits per heavy atom. The number of hydrogen-bond donors (Lipinski definition) is 26. The minimum atomic E-state index is -2.58. The van der Waals surface area contributed by atoms with Crippen molar-refractivity contribution in [2.75, 3.05) is 46.7 Å². The lowest BCUT2D eigenvalue weighted by Crippen LogP contribution is -2.63. The molecule has 0 saturated carbocycles. The second-order valence-corrected chi connectivity index (χ2v) is 30.2. The number of hydrogen-bond acceptors (Lipinski definition) is 32. The lowest BCUT2D eigenvalue weighted by molar-refractivity contribution is -0.249. The van der Waals surface area contributed by atoms with Crippen LogP contribution in [0.15, 0.2) is 42.5 Å². The van der Waals surface area contributed by atoms with Crippen molar-refractivity contribution >= 4 is 100 Å². The van der Waals surface area contributed by atoms with Crippen molar-refractivity contribution in [1.29, 1.82) is 0 Å². The van der Waals surface area contributed by atoms with E-state index in [-0.39, 0.29) is 54.0 Å². The molecule has 29 N–H and O–H groups in total. The second-order valence-electron chi connectivity index (χ2n) is 30.2. The number of methoxy groups -OCH3 is 1. The number of Topliss-reactive ketones (excluding diaryl/α,β-unsaturated/α-hetero) is 1. The number of carbonyl (C=O) groups excluding carboxylic acids is 17. The van der Waals surface area contributed by atoms with Crippen molar-refractivity contribution in [2.45, 2.75) is 221 Å². The van der Waals surface area contributed by atoms with E-state index in [9.17, 15) is 138 Å². The Morgan fingerprint density at radius 3 is 1.59 bits per heavy atom. The van der Waals surface area contributed by atoms with Gasteiger partial charge < -0.3 is 151 Å². The van der Waals surface area contributed by atoms with Crippen LogP contribution in [0.1, 0.15) is 154 Å². The molecule has 3 aromatic carbocycles. The smallest absolute Gasteiger partial charge is 0.245 e. The summed E-state index contributed by atoms with van der Waals surface area (Å²) in [4.78, 5) is 231. The summed E-state index contributed by atoms with van der Waals surface area (Å²) < 4.78 is 17.5. The van der Waals surface area contributed by atoms with E-state index >= 15 is 0 Å². The summed E-state index contributed by atoms with van der Waals surface area (Å²) in [5.74, 6) is -22.2. The number of nitrogens with one attached hydrogen (secondary N) is 12. The predicted octanol–water partition coefficient (Wildman–Crippen LogP) is -9.85. The Morgan fingerprint density at radius 2 is 1.07 bits per heavy atom. The first kappa shape index (κ1) is 101. The Hall–Kier alpha value is -12.0. The SMILES string of the molecule is CC[C@H](C)[C@H](NC(=O)[C@H](CCCCN)NC(=O)[C@H](CC(N)=O)NC(=O)[C@H](C)NC(C)=O)C(=O)N[C@@H](CO)C(=O)N[C@@H](Cc1ccc(O)cc1)C(=O)N[C@@H](CCC(N)=O)C(=O)N[C@@H](CO)C(=O)N[C@@H](CO)C(=O)N[C@@H](CO)C(=O)N[C@H](C(=O)N[C@H]1C[C@@H](O[C@H]2C[C@](O)(C(=O)CO)Cc3c(O)c4c(c(O)c32)C(=O)c2c(OC)cccc2C4=O)O[C@@H](C)[C@H]1O)[C@@H](C)O. The number of phenols is 3. The molecule has 0 unspecified atom stereocenters. The van der Waals surface area contributed by atoms with Crippen LogP contribution in [-0.2, 0) is 94.2 Å². The lowest BCUT2D eigenvalue weighted by atomic mass is 9.72. The Bertz CT molecular complexity index is 4460. The average molecular weight is 1750 g/mol. The number of nitrogens with two attached hydrogens (primary N) is 3. The maximum absolute atomic E-state index is 14.5. The van der Waals surface area contributed by atoms with E-state index in [0.29, 0.717) is 6.42 Å². The van der Waals surface area contributed by atoms with E-state index in [1.165, 1.54) is 70.3 Å². The van der Waals surface area contributed by atoms with Gasteiger partial charge in [-0.15, -0.1) is 0 Å². The number of fused-ring (bicyclic) bond motifs is 3. The molecule has 19 atom stereocenters. The summed E-state index contributed by atoms with van der Waals surface area (Å²) in [6, 6.07) is -12.4. The van der Waals surface area contributed by atoms with Gasteiger partial charge in [0, 0.05) is 55.7 Å². The molecule has 46 heteroatoms. The molecule has 0 radical (unpaired) electrons. The van der Waals surface area contributed by atoms with Gasteiger partial charge in [0.15, 0.2) is 17.9 Å². The molecule has 2 aliphatic carbocycles. The van der Waals surface area contributed by atoms with Gasteiger partial charge in [-0.1, -0.05) is 44.5 Å². The first-order valence-corrected chi connectivity index (χ1v) is 39.5. The zero-order valence-corrected chi connectivity index (χ0v) is 68.8. The van der Waals surface area contributed by atoms with Gasteiger partial charge >= 0.3 is 0 Å². The molecule has 46 nitrogen and oxygen atoms in total. The van der Waals surface area contributed by atoms with Crippen LogP contribution < -0.4 is 85.7 Å². The van der Waals surface area contributed by atoms with Crippen molar-refractivity contribution in [3.05, 3.63) is 81.4 Å². The highest BCUT2D eigenvalue weighted by molar-refractivity contribution is 6.31. The molecule has 3 aromatic rings. The third-order valence-electron chi connectivity index (χ3n) is 21.0. The minimum Gasteiger partial charge on any atom is -0.508 e. The number of unbranched alkanes of at least 4 members (excludes halogenated alkanes) is 1. The maximum Gasteiger partial charge on any atom is 0.245 e. The van der Waals surface area contributed by atoms with Crippen LogP contribution in [0.4, 0.5) is 0 Å². The van der Waals surface area contributed by atoms with Crippen molar-refractivity contribution in [1.82, 2.24) is 63.8 Å². The van der Waals surface area contributed by atoms with E-state index in [4.69, 9.17) is 31.4 Å². The average Bonchev–Trinajstić information content (AvgIpc) is 0.709. The number of primary amides is 2. The summed E-state index contributed by atoms with van der Waals surface area (Å²) in [5, 5.41) is 147. The summed E-state index contributed by atoms with van der Waals surface area (Å²) >= 11 is 0. The van der Waals surface area contributed by atoms with Gasteiger partial charge in [0.1, 0.15) is 108 Å². The van der Waals surface area contributed by atoms with Gasteiger partial charge in [0.2, 0.25) is 88.5 Å². The molecule has 6 rings (SSSR count). The molecule has 124 heavy (non-hydrogen) atoms. The van der Waals surface area contributed by atoms with Crippen LogP contribution in [-0.4, -0.2) is 306 Å². The minimum absolute atomic E-state index is 0.0694. The lowest BCUT2D eigenvalue weighted by Gasteiger charge is -2.43. The molecule has 3 aliphatic rings. The fraction of sp³-hybridized carbons (Fsp3) is 0.551.